The SMILES string of the molecule is OB(O)C1=CCC(N2CC(F)(F)C2)CC1. The van der Waals surface area contributed by atoms with E-state index in [9.17, 15) is 8.78 Å². The molecule has 15 heavy (non-hydrogen) atoms. The molecule has 1 heterocycles. The molecule has 0 aromatic heterocycles. The molecule has 3 nitrogen and oxygen atoms in total. The second-order valence-corrected chi connectivity index (χ2v) is 4.34. The van der Waals surface area contributed by atoms with Gasteiger partial charge in [-0.05, 0) is 24.7 Å². The van der Waals surface area contributed by atoms with Crippen LogP contribution in [0.15, 0.2) is 11.5 Å². The summed E-state index contributed by atoms with van der Waals surface area (Å²) in [4.78, 5) is 1.76. The molecule has 2 rings (SSSR count). The minimum absolute atomic E-state index is 0.145. The monoisotopic (exact) mass is 217 g/mol. The molecule has 1 atom stereocenters. The summed E-state index contributed by atoms with van der Waals surface area (Å²) >= 11 is 0. The molecular weight excluding hydrogens is 203 g/mol. The highest BCUT2D eigenvalue weighted by Crippen LogP contribution is 2.33. The summed E-state index contributed by atoms with van der Waals surface area (Å²) in [6.45, 7) is -0.301. The number of nitrogens with zero attached hydrogens (tertiary/aromatic N) is 1. The third-order valence-electron chi connectivity index (χ3n) is 3.14. The first-order valence-electron chi connectivity index (χ1n) is 5.15. The molecule has 6 heteroatoms. The minimum Gasteiger partial charge on any atom is -0.423 e. The Balaban J connectivity index is 1.85. The van der Waals surface area contributed by atoms with Crippen molar-refractivity contribution in [1.29, 1.82) is 0 Å². The van der Waals surface area contributed by atoms with Crippen molar-refractivity contribution in [2.75, 3.05) is 13.1 Å². The third kappa shape index (κ3) is 2.38. The number of hydrogen-bond donors (Lipinski definition) is 2. The second-order valence-electron chi connectivity index (χ2n) is 4.34. The molecule has 0 aromatic carbocycles. The first-order chi connectivity index (χ1) is 6.98. The van der Waals surface area contributed by atoms with Gasteiger partial charge in [-0.2, -0.15) is 0 Å². The van der Waals surface area contributed by atoms with Gasteiger partial charge in [0.15, 0.2) is 0 Å². The smallest absolute Gasteiger partial charge is 0.423 e. The lowest BCUT2D eigenvalue weighted by Gasteiger charge is -2.44. The fourth-order valence-corrected chi connectivity index (χ4v) is 2.21. The normalized spacial score (nSPS) is 30.7. The maximum atomic E-state index is 12.6. The Morgan fingerprint density at radius 2 is 2.07 bits per heavy atom. The van der Waals surface area contributed by atoms with Crippen LogP contribution in [0.25, 0.3) is 0 Å². The Morgan fingerprint density at radius 1 is 1.40 bits per heavy atom. The van der Waals surface area contributed by atoms with Crippen molar-refractivity contribution in [1.82, 2.24) is 4.90 Å². The Hall–Kier alpha value is -0.455. The zero-order valence-electron chi connectivity index (χ0n) is 8.37. The number of rotatable bonds is 2. The van der Waals surface area contributed by atoms with E-state index in [0.29, 0.717) is 18.3 Å². The average Bonchev–Trinajstić information content (AvgIpc) is 2.14. The number of hydrogen-bond acceptors (Lipinski definition) is 3. The van der Waals surface area contributed by atoms with Gasteiger partial charge in [-0.25, -0.2) is 8.78 Å². The van der Waals surface area contributed by atoms with Crippen molar-refractivity contribution in [3.8, 4) is 0 Å². The molecular formula is C9H14BF2NO2. The Morgan fingerprint density at radius 3 is 2.47 bits per heavy atom. The molecule has 1 saturated heterocycles. The van der Waals surface area contributed by atoms with E-state index in [-0.39, 0.29) is 19.1 Å². The molecule has 1 unspecified atom stereocenters. The van der Waals surface area contributed by atoms with E-state index in [2.05, 4.69) is 0 Å². The zero-order chi connectivity index (χ0) is 11.1. The van der Waals surface area contributed by atoms with Gasteiger partial charge in [0.2, 0.25) is 0 Å². The Labute approximate surface area is 87.5 Å². The number of allylic oxidation sites excluding steroid dienone is 1. The van der Waals surface area contributed by atoms with Crippen LogP contribution in [0.5, 0.6) is 0 Å². The number of halogens is 2. The lowest BCUT2D eigenvalue weighted by Crippen LogP contribution is -2.60. The van der Waals surface area contributed by atoms with Gasteiger partial charge in [0.05, 0.1) is 13.1 Å². The van der Waals surface area contributed by atoms with Crippen LogP contribution in [0, 0.1) is 0 Å². The first kappa shape index (κ1) is 11.0. The first-order valence-corrected chi connectivity index (χ1v) is 5.15. The van der Waals surface area contributed by atoms with Crippen molar-refractivity contribution < 1.29 is 18.8 Å². The van der Waals surface area contributed by atoms with Gasteiger partial charge in [-0.15, -0.1) is 0 Å². The van der Waals surface area contributed by atoms with Crippen molar-refractivity contribution in [3.05, 3.63) is 11.5 Å². The highest BCUT2D eigenvalue weighted by atomic mass is 19.3. The maximum absolute atomic E-state index is 12.6. The molecule has 0 spiro atoms. The van der Waals surface area contributed by atoms with E-state index >= 15 is 0 Å². The average molecular weight is 217 g/mol. The Bertz CT molecular complexity index is 275. The van der Waals surface area contributed by atoms with Crippen LogP contribution >= 0.6 is 0 Å². The van der Waals surface area contributed by atoms with Crippen LogP contribution in [0.3, 0.4) is 0 Å². The fourth-order valence-electron chi connectivity index (χ4n) is 2.21. The van der Waals surface area contributed by atoms with Crippen LogP contribution in [-0.4, -0.2) is 47.1 Å². The minimum atomic E-state index is -2.51. The summed E-state index contributed by atoms with van der Waals surface area (Å²) in [6, 6.07) is 0.145. The molecule has 1 aliphatic carbocycles. The van der Waals surface area contributed by atoms with Gasteiger partial charge >= 0.3 is 7.12 Å². The van der Waals surface area contributed by atoms with Crippen LogP contribution in [-0.2, 0) is 0 Å². The topological polar surface area (TPSA) is 43.7 Å². The molecule has 0 amide bonds. The van der Waals surface area contributed by atoms with Gasteiger partial charge in [-0.1, -0.05) is 6.08 Å². The van der Waals surface area contributed by atoms with E-state index in [4.69, 9.17) is 10.0 Å². The van der Waals surface area contributed by atoms with Crippen LogP contribution in [0.1, 0.15) is 19.3 Å². The van der Waals surface area contributed by atoms with Crippen LogP contribution in [0.4, 0.5) is 8.78 Å². The predicted octanol–water partition coefficient (Wildman–Crippen LogP) is 0.428. The molecule has 2 N–H and O–H groups in total. The highest BCUT2D eigenvalue weighted by Gasteiger charge is 2.46. The highest BCUT2D eigenvalue weighted by molar-refractivity contribution is 6.50. The molecule has 0 radical (unpaired) electrons. The zero-order valence-corrected chi connectivity index (χ0v) is 8.37. The molecule has 84 valence electrons. The van der Waals surface area contributed by atoms with Gasteiger partial charge < -0.3 is 10.0 Å². The molecule has 1 fully saturated rings. The van der Waals surface area contributed by atoms with Crippen molar-refractivity contribution in [2.45, 2.75) is 31.2 Å². The standard InChI is InChI=1S/C9H14BF2NO2/c11-9(12)5-13(6-9)8-3-1-7(2-4-8)10(14)15/h1,8,14-15H,2-6H2. The Kier molecular flexibility index (Phi) is 2.83. The van der Waals surface area contributed by atoms with Gasteiger partial charge in [-0.3, -0.25) is 4.90 Å². The van der Waals surface area contributed by atoms with E-state index in [1.807, 2.05) is 0 Å². The summed E-state index contributed by atoms with van der Waals surface area (Å²) in [6.07, 6.45) is 3.72. The molecule has 0 saturated carbocycles. The van der Waals surface area contributed by atoms with Gasteiger partial charge in [0.1, 0.15) is 0 Å². The van der Waals surface area contributed by atoms with Crippen LogP contribution < -0.4 is 0 Å². The van der Waals surface area contributed by atoms with E-state index < -0.39 is 13.0 Å². The maximum Gasteiger partial charge on any atom is 0.483 e. The number of likely N-dealkylation sites (tertiary alicyclic amines) is 1. The molecule has 0 bridgehead atoms. The van der Waals surface area contributed by atoms with E-state index in [1.165, 1.54) is 0 Å². The number of alkyl halides is 2. The van der Waals surface area contributed by atoms with Gasteiger partial charge in [0, 0.05) is 6.04 Å². The quantitative estimate of drug-likeness (QED) is 0.659. The summed E-state index contributed by atoms with van der Waals surface area (Å²) in [5, 5.41) is 17.8. The summed E-state index contributed by atoms with van der Waals surface area (Å²) in [7, 11) is -1.39. The molecule has 2 aliphatic rings. The largest absolute Gasteiger partial charge is 0.483 e. The van der Waals surface area contributed by atoms with Crippen molar-refractivity contribution >= 4 is 7.12 Å². The van der Waals surface area contributed by atoms with E-state index in [0.717, 1.165) is 6.42 Å². The predicted molar refractivity (Wildman–Crippen MR) is 52.4 cm³/mol. The lowest BCUT2D eigenvalue weighted by atomic mass is 9.72. The second kappa shape index (κ2) is 3.85. The summed E-state index contributed by atoms with van der Waals surface area (Å²) in [5.41, 5.74) is 0.610. The van der Waals surface area contributed by atoms with Crippen LogP contribution in [0.2, 0.25) is 0 Å². The third-order valence-corrected chi connectivity index (χ3v) is 3.14. The lowest BCUT2D eigenvalue weighted by molar-refractivity contribution is -0.146. The summed E-state index contributed by atoms with van der Waals surface area (Å²) < 4.78 is 25.2. The van der Waals surface area contributed by atoms with Gasteiger partial charge in [0.25, 0.3) is 5.92 Å². The summed E-state index contributed by atoms with van der Waals surface area (Å²) in [5.74, 6) is -2.51. The van der Waals surface area contributed by atoms with E-state index in [1.54, 1.807) is 11.0 Å². The fraction of sp³-hybridized carbons (Fsp3) is 0.778. The van der Waals surface area contributed by atoms with Crippen molar-refractivity contribution in [2.24, 2.45) is 0 Å². The molecule has 0 aromatic rings. The molecule has 1 aliphatic heterocycles. The van der Waals surface area contributed by atoms with Crippen molar-refractivity contribution in [3.63, 3.8) is 0 Å².